The van der Waals surface area contributed by atoms with Gasteiger partial charge < -0.3 is 5.32 Å². The molecule has 0 fully saturated rings. The van der Waals surface area contributed by atoms with Gasteiger partial charge in [-0.1, -0.05) is 12.1 Å². The number of nitrogens with zero attached hydrogens (tertiary/aromatic N) is 1. The summed E-state index contributed by atoms with van der Waals surface area (Å²) in [6.07, 6.45) is 2.63. The van der Waals surface area contributed by atoms with Crippen molar-refractivity contribution in [2.75, 3.05) is 19.8 Å². The molecule has 0 atom stereocenters. The number of halogens is 1. The zero-order valence-electron chi connectivity index (χ0n) is 15.3. The number of carbonyl (C=O) groups excluding carboxylic acids is 1. The first-order valence-corrected chi connectivity index (χ1v) is 11.1. The Labute approximate surface area is 164 Å². The highest BCUT2D eigenvalue weighted by molar-refractivity contribution is 7.98. The van der Waals surface area contributed by atoms with Crippen LogP contribution in [0.3, 0.4) is 0 Å². The molecule has 0 heterocycles. The number of hydrogen-bond donors (Lipinski definition) is 1. The lowest BCUT2D eigenvalue weighted by Crippen LogP contribution is -2.29. The minimum Gasteiger partial charge on any atom is -0.352 e. The second-order valence-corrected chi connectivity index (χ2v) is 8.93. The Morgan fingerprint density at radius 3 is 2.33 bits per heavy atom. The van der Waals surface area contributed by atoms with Crippen molar-refractivity contribution in [3.05, 3.63) is 59.9 Å². The average Bonchev–Trinajstić information content (AvgIpc) is 2.67. The first-order valence-electron chi connectivity index (χ1n) is 8.44. The molecule has 0 unspecified atom stereocenters. The maximum Gasteiger partial charge on any atom is 0.242 e. The van der Waals surface area contributed by atoms with E-state index >= 15 is 0 Å². The van der Waals surface area contributed by atoms with Crippen molar-refractivity contribution in [2.24, 2.45) is 0 Å². The van der Waals surface area contributed by atoms with Crippen molar-refractivity contribution >= 4 is 27.7 Å². The van der Waals surface area contributed by atoms with E-state index in [1.807, 2.05) is 30.5 Å². The van der Waals surface area contributed by atoms with Crippen LogP contribution in [0.1, 0.15) is 18.4 Å². The van der Waals surface area contributed by atoms with E-state index in [9.17, 15) is 17.6 Å². The number of carbonyl (C=O) groups is 1. The lowest BCUT2D eigenvalue weighted by Gasteiger charge is -2.17. The van der Waals surface area contributed by atoms with Crippen molar-refractivity contribution < 1.29 is 17.6 Å². The molecule has 27 heavy (non-hydrogen) atoms. The van der Waals surface area contributed by atoms with E-state index in [-0.39, 0.29) is 23.8 Å². The zero-order chi connectivity index (χ0) is 19.9. The molecule has 2 aromatic carbocycles. The summed E-state index contributed by atoms with van der Waals surface area (Å²) in [4.78, 5) is 13.1. The monoisotopic (exact) mass is 410 g/mol. The summed E-state index contributed by atoms with van der Waals surface area (Å²) in [7, 11) is -2.23. The molecule has 2 rings (SSSR count). The molecular weight excluding hydrogens is 387 g/mol. The normalized spacial score (nSPS) is 11.6. The molecule has 1 N–H and O–H groups in total. The van der Waals surface area contributed by atoms with Crippen LogP contribution in [-0.2, 0) is 21.4 Å². The van der Waals surface area contributed by atoms with E-state index in [4.69, 9.17) is 0 Å². The molecule has 1 amide bonds. The number of nitrogens with one attached hydrogen (secondary N) is 1. The number of benzene rings is 2. The molecule has 0 saturated heterocycles. The van der Waals surface area contributed by atoms with E-state index in [0.29, 0.717) is 13.0 Å². The SMILES string of the molecule is CSc1ccc(CNC(=O)CCCN(C)S(=O)(=O)c2ccc(F)cc2)cc1. The largest absolute Gasteiger partial charge is 0.352 e. The van der Waals surface area contributed by atoms with Crippen molar-refractivity contribution in [3.8, 4) is 0 Å². The van der Waals surface area contributed by atoms with Crippen molar-refractivity contribution in [1.29, 1.82) is 0 Å². The first-order chi connectivity index (χ1) is 12.8. The van der Waals surface area contributed by atoms with Crippen LogP contribution in [0.15, 0.2) is 58.3 Å². The van der Waals surface area contributed by atoms with Gasteiger partial charge in [0.05, 0.1) is 4.90 Å². The van der Waals surface area contributed by atoms with Crippen molar-refractivity contribution in [3.63, 3.8) is 0 Å². The zero-order valence-corrected chi connectivity index (χ0v) is 16.9. The Hall–Kier alpha value is -1.90. The van der Waals surface area contributed by atoms with Gasteiger partial charge in [-0.05, 0) is 54.6 Å². The Kier molecular flexibility index (Phi) is 7.82. The molecule has 0 spiro atoms. The Bertz CT molecular complexity index is 854. The fourth-order valence-corrected chi connectivity index (χ4v) is 4.02. The third-order valence-corrected chi connectivity index (χ3v) is 6.66. The minimum absolute atomic E-state index is 0.0320. The molecule has 0 bridgehead atoms. The van der Waals surface area contributed by atoms with E-state index in [2.05, 4.69) is 5.32 Å². The third-order valence-electron chi connectivity index (χ3n) is 4.05. The van der Waals surface area contributed by atoms with Gasteiger partial charge in [0.25, 0.3) is 0 Å². The predicted octanol–water partition coefficient (Wildman–Crippen LogP) is 3.26. The van der Waals surface area contributed by atoms with Gasteiger partial charge in [-0.3, -0.25) is 4.79 Å². The highest BCUT2D eigenvalue weighted by Gasteiger charge is 2.20. The second kappa shape index (κ2) is 9.87. The summed E-state index contributed by atoms with van der Waals surface area (Å²) >= 11 is 1.66. The van der Waals surface area contributed by atoms with Crippen LogP contribution in [-0.4, -0.2) is 38.5 Å². The molecule has 8 heteroatoms. The van der Waals surface area contributed by atoms with Crippen LogP contribution < -0.4 is 5.32 Å². The van der Waals surface area contributed by atoms with Crippen LogP contribution in [0.5, 0.6) is 0 Å². The Morgan fingerprint density at radius 2 is 1.74 bits per heavy atom. The summed E-state index contributed by atoms with van der Waals surface area (Å²) in [6.45, 7) is 0.646. The van der Waals surface area contributed by atoms with Gasteiger partial charge >= 0.3 is 0 Å². The maximum absolute atomic E-state index is 12.9. The number of sulfonamides is 1. The highest BCUT2D eigenvalue weighted by atomic mass is 32.2. The lowest BCUT2D eigenvalue weighted by molar-refractivity contribution is -0.121. The fourth-order valence-electron chi connectivity index (χ4n) is 2.40. The van der Waals surface area contributed by atoms with Gasteiger partial charge in [-0.15, -0.1) is 11.8 Å². The smallest absolute Gasteiger partial charge is 0.242 e. The molecule has 2 aromatic rings. The quantitative estimate of drug-likeness (QED) is 0.645. The van der Waals surface area contributed by atoms with Crippen LogP contribution in [0.4, 0.5) is 4.39 Å². The molecule has 146 valence electrons. The molecule has 0 aliphatic carbocycles. The van der Waals surface area contributed by atoms with Gasteiger partial charge in [-0.2, -0.15) is 0 Å². The first kappa shape index (κ1) is 21.4. The average molecular weight is 411 g/mol. The molecule has 0 aliphatic rings. The molecule has 0 aromatic heterocycles. The van der Waals surface area contributed by atoms with Crippen LogP contribution in [0.2, 0.25) is 0 Å². The van der Waals surface area contributed by atoms with Gasteiger partial charge in [0.2, 0.25) is 15.9 Å². The van der Waals surface area contributed by atoms with Gasteiger partial charge in [-0.25, -0.2) is 17.1 Å². The number of amides is 1. The van der Waals surface area contributed by atoms with Gasteiger partial charge in [0.15, 0.2) is 0 Å². The van der Waals surface area contributed by atoms with Gasteiger partial charge in [0.1, 0.15) is 5.82 Å². The molecule has 0 aliphatic heterocycles. The highest BCUT2D eigenvalue weighted by Crippen LogP contribution is 2.16. The number of thioether (sulfide) groups is 1. The second-order valence-electron chi connectivity index (χ2n) is 6.01. The molecule has 0 saturated carbocycles. The maximum atomic E-state index is 12.9. The number of rotatable bonds is 9. The van der Waals surface area contributed by atoms with Crippen LogP contribution in [0, 0.1) is 5.82 Å². The van der Waals surface area contributed by atoms with E-state index in [1.54, 1.807) is 11.8 Å². The van der Waals surface area contributed by atoms with Crippen molar-refractivity contribution in [1.82, 2.24) is 9.62 Å². The minimum atomic E-state index is -3.68. The summed E-state index contributed by atoms with van der Waals surface area (Å²) in [5.41, 5.74) is 1.01. The summed E-state index contributed by atoms with van der Waals surface area (Å²) in [6, 6.07) is 12.6. The lowest BCUT2D eigenvalue weighted by atomic mass is 10.2. The van der Waals surface area contributed by atoms with Crippen LogP contribution in [0.25, 0.3) is 0 Å². The molecule has 5 nitrogen and oxygen atoms in total. The van der Waals surface area contributed by atoms with E-state index in [0.717, 1.165) is 22.6 Å². The molecule has 0 radical (unpaired) electrons. The predicted molar refractivity (Wildman–Crippen MR) is 106 cm³/mol. The van der Waals surface area contributed by atoms with E-state index < -0.39 is 15.8 Å². The van der Waals surface area contributed by atoms with E-state index in [1.165, 1.54) is 23.5 Å². The fraction of sp³-hybridized carbons (Fsp3) is 0.316. The standard InChI is InChI=1S/C19H23FN2O3S2/c1-22(27(24,25)18-11-7-16(20)8-12-18)13-3-4-19(23)21-14-15-5-9-17(26-2)10-6-15/h5-12H,3-4,13-14H2,1-2H3,(H,21,23). The van der Waals surface area contributed by atoms with Gasteiger partial charge in [0, 0.05) is 31.5 Å². The summed E-state index contributed by atoms with van der Waals surface area (Å²) < 4.78 is 38.9. The number of hydrogen-bond acceptors (Lipinski definition) is 4. The Morgan fingerprint density at radius 1 is 1.11 bits per heavy atom. The third kappa shape index (κ3) is 6.34. The summed E-state index contributed by atoms with van der Waals surface area (Å²) in [5, 5.41) is 2.83. The van der Waals surface area contributed by atoms with Crippen LogP contribution >= 0.6 is 11.8 Å². The molecular formula is C19H23FN2O3S2. The Balaban J connectivity index is 1.77. The topological polar surface area (TPSA) is 66.5 Å². The summed E-state index contributed by atoms with van der Waals surface area (Å²) in [5.74, 6) is -0.618. The van der Waals surface area contributed by atoms with Crippen molar-refractivity contribution in [2.45, 2.75) is 29.2 Å².